The fraction of sp³-hybridized carbons (Fsp3) is 0.348. The highest BCUT2D eigenvalue weighted by atomic mass is 35.5. The van der Waals surface area contributed by atoms with E-state index < -0.39 is 5.91 Å². The van der Waals surface area contributed by atoms with Gasteiger partial charge in [-0.2, -0.15) is 5.10 Å². The van der Waals surface area contributed by atoms with Crippen LogP contribution in [0.25, 0.3) is 11.3 Å². The number of benzene rings is 1. The van der Waals surface area contributed by atoms with Crippen LogP contribution in [-0.2, 0) is 17.6 Å². The van der Waals surface area contributed by atoms with Crippen molar-refractivity contribution in [3.8, 4) is 17.0 Å². The van der Waals surface area contributed by atoms with Gasteiger partial charge in [0.15, 0.2) is 0 Å². The molecule has 2 aromatic heterocycles. The number of amides is 2. The standard InChI is InChI=1S/C23H23ClN4O4S/c24-12-6-7-18(29)15(9-12)16-10-17(28-27-16)21(30)26-23-20(14-4-1-5-19(14)33-23)22(31)25-11-13-3-2-8-32-13/h6-7,9-10,13,29H,1-5,8,11H2,(H,25,31)(H,26,30)(H,27,28). The van der Waals surface area contributed by atoms with Crippen molar-refractivity contribution in [2.45, 2.75) is 38.2 Å². The molecular formula is C23H23ClN4O4S. The minimum atomic E-state index is -0.414. The van der Waals surface area contributed by atoms with Crippen LogP contribution in [0.4, 0.5) is 5.00 Å². The van der Waals surface area contributed by atoms with Crippen molar-refractivity contribution in [2.75, 3.05) is 18.5 Å². The molecule has 2 amide bonds. The van der Waals surface area contributed by atoms with Crippen LogP contribution in [0.1, 0.15) is 50.5 Å². The Bertz CT molecular complexity index is 1220. The molecule has 33 heavy (non-hydrogen) atoms. The number of nitrogens with one attached hydrogen (secondary N) is 3. The van der Waals surface area contributed by atoms with Crippen molar-refractivity contribution < 1.29 is 19.4 Å². The van der Waals surface area contributed by atoms with E-state index in [2.05, 4.69) is 20.8 Å². The number of anilines is 1. The molecule has 0 bridgehead atoms. The zero-order valence-corrected chi connectivity index (χ0v) is 19.3. The van der Waals surface area contributed by atoms with E-state index in [0.29, 0.717) is 33.4 Å². The summed E-state index contributed by atoms with van der Waals surface area (Å²) in [6.07, 6.45) is 4.74. The third kappa shape index (κ3) is 4.48. The summed E-state index contributed by atoms with van der Waals surface area (Å²) in [5.74, 6) is -0.588. The molecule has 1 atom stereocenters. The maximum atomic E-state index is 13.0. The van der Waals surface area contributed by atoms with Crippen molar-refractivity contribution in [3.63, 3.8) is 0 Å². The molecule has 1 saturated heterocycles. The summed E-state index contributed by atoms with van der Waals surface area (Å²) in [5.41, 5.74) is 2.59. The lowest BCUT2D eigenvalue weighted by Gasteiger charge is -2.12. The number of carbonyl (C=O) groups excluding carboxylic acids is 2. The third-order valence-corrected chi connectivity index (χ3v) is 7.39. The maximum Gasteiger partial charge on any atom is 0.274 e. The van der Waals surface area contributed by atoms with Crippen LogP contribution >= 0.6 is 22.9 Å². The smallest absolute Gasteiger partial charge is 0.274 e. The van der Waals surface area contributed by atoms with Gasteiger partial charge in [-0.3, -0.25) is 14.7 Å². The average Bonchev–Trinajstić information content (AvgIpc) is 3.58. The monoisotopic (exact) mass is 486 g/mol. The van der Waals surface area contributed by atoms with Crippen molar-refractivity contribution in [1.29, 1.82) is 0 Å². The number of aryl methyl sites for hydroxylation is 1. The molecular weight excluding hydrogens is 464 g/mol. The minimum Gasteiger partial charge on any atom is -0.507 e. The third-order valence-electron chi connectivity index (χ3n) is 5.95. The first-order valence-corrected chi connectivity index (χ1v) is 12.1. The lowest BCUT2D eigenvalue weighted by atomic mass is 10.1. The Labute approximate surface area is 199 Å². The summed E-state index contributed by atoms with van der Waals surface area (Å²) in [7, 11) is 0. The highest BCUT2D eigenvalue weighted by Crippen LogP contribution is 2.39. The molecule has 3 aromatic rings. The van der Waals surface area contributed by atoms with E-state index >= 15 is 0 Å². The number of carbonyl (C=O) groups is 2. The molecule has 172 valence electrons. The zero-order chi connectivity index (χ0) is 22.9. The SMILES string of the molecule is O=C(Nc1sc2c(c1C(=O)NCC1CCCO1)CCC2)c1cc(-c2cc(Cl)ccc2O)n[nH]1. The van der Waals surface area contributed by atoms with E-state index in [4.69, 9.17) is 16.3 Å². The van der Waals surface area contributed by atoms with Crippen LogP contribution in [-0.4, -0.2) is 46.4 Å². The van der Waals surface area contributed by atoms with Gasteiger partial charge in [-0.1, -0.05) is 11.6 Å². The first-order valence-electron chi connectivity index (χ1n) is 10.9. The highest BCUT2D eigenvalue weighted by Gasteiger charge is 2.28. The summed E-state index contributed by atoms with van der Waals surface area (Å²) in [5, 5.41) is 23.8. The molecule has 1 unspecified atom stereocenters. The molecule has 3 heterocycles. The Morgan fingerprint density at radius 1 is 1.24 bits per heavy atom. The number of hydrogen-bond acceptors (Lipinski definition) is 6. The number of thiophene rings is 1. The van der Waals surface area contributed by atoms with Gasteiger partial charge in [-0.25, -0.2) is 0 Å². The fourth-order valence-corrected chi connectivity index (χ4v) is 5.75. The van der Waals surface area contributed by atoms with E-state index in [0.717, 1.165) is 49.2 Å². The largest absolute Gasteiger partial charge is 0.507 e. The van der Waals surface area contributed by atoms with Gasteiger partial charge in [-0.15, -0.1) is 11.3 Å². The molecule has 1 fully saturated rings. The van der Waals surface area contributed by atoms with E-state index in [1.165, 1.54) is 17.4 Å². The number of halogens is 1. The van der Waals surface area contributed by atoms with Crippen LogP contribution in [0.3, 0.4) is 0 Å². The van der Waals surface area contributed by atoms with Gasteiger partial charge < -0.3 is 20.5 Å². The van der Waals surface area contributed by atoms with E-state index in [9.17, 15) is 14.7 Å². The summed E-state index contributed by atoms with van der Waals surface area (Å²) in [6, 6.07) is 6.16. The lowest BCUT2D eigenvalue weighted by molar-refractivity contribution is 0.0858. The van der Waals surface area contributed by atoms with Crippen LogP contribution in [0.2, 0.25) is 5.02 Å². The second kappa shape index (κ2) is 9.17. The van der Waals surface area contributed by atoms with Crippen LogP contribution in [0, 0.1) is 0 Å². The molecule has 2 aliphatic rings. The van der Waals surface area contributed by atoms with Gasteiger partial charge in [0.05, 0.1) is 17.4 Å². The second-order valence-corrected chi connectivity index (χ2v) is 9.73. The van der Waals surface area contributed by atoms with Crippen LogP contribution < -0.4 is 10.6 Å². The minimum absolute atomic E-state index is 0.0118. The van der Waals surface area contributed by atoms with Gasteiger partial charge in [0, 0.05) is 28.6 Å². The number of ether oxygens (including phenoxy) is 1. The van der Waals surface area contributed by atoms with Crippen molar-refractivity contribution in [3.05, 3.63) is 51.0 Å². The number of rotatable bonds is 6. The zero-order valence-electron chi connectivity index (χ0n) is 17.7. The molecule has 0 saturated carbocycles. The predicted octanol–water partition coefficient (Wildman–Crippen LogP) is 4.15. The molecule has 4 N–H and O–H groups in total. The van der Waals surface area contributed by atoms with Crippen LogP contribution in [0.15, 0.2) is 24.3 Å². The first kappa shape index (κ1) is 21.9. The van der Waals surface area contributed by atoms with Gasteiger partial charge >= 0.3 is 0 Å². The number of aromatic hydroxyl groups is 1. The predicted molar refractivity (Wildman–Crippen MR) is 126 cm³/mol. The molecule has 10 heteroatoms. The number of hydrogen-bond donors (Lipinski definition) is 4. The molecule has 0 radical (unpaired) electrons. The Hall–Kier alpha value is -2.88. The quantitative estimate of drug-likeness (QED) is 0.417. The number of aromatic amines is 1. The first-order chi connectivity index (χ1) is 16.0. The number of phenolic OH excluding ortho intramolecular Hbond substituents is 1. The number of phenols is 1. The molecule has 1 aliphatic carbocycles. The van der Waals surface area contributed by atoms with Gasteiger partial charge in [0.2, 0.25) is 0 Å². The number of fused-ring (bicyclic) bond motifs is 1. The molecule has 1 aromatic carbocycles. The fourth-order valence-electron chi connectivity index (χ4n) is 4.29. The molecule has 8 nitrogen and oxygen atoms in total. The number of H-pyrrole nitrogens is 1. The molecule has 5 rings (SSSR count). The Morgan fingerprint density at radius 2 is 2.12 bits per heavy atom. The summed E-state index contributed by atoms with van der Waals surface area (Å²) < 4.78 is 5.60. The summed E-state index contributed by atoms with van der Waals surface area (Å²) in [4.78, 5) is 27.2. The molecule has 0 spiro atoms. The second-order valence-electron chi connectivity index (χ2n) is 8.19. The van der Waals surface area contributed by atoms with E-state index in [1.807, 2.05) is 0 Å². The summed E-state index contributed by atoms with van der Waals surface area (Å²) >= 11 is 7.47. The van der Waals surface area contributed by atoms with Crippen LogP contribution in [0.5, 0.6) is 5.75 Å². The number of aromatic nitrogens is 2. The number of nitrogens with zero attached hydrogens (tertiary/aromatic N) is 1. The topological polar surface area (TPSA) is 116 Å². The van der Waals surface area contributed by atoms with Crippen molar-refractivity contribution >= 4 is 39.8 Å². The Morgan fingerprint density at radius 3 is 2.94 bits per heavy atom. The van der Waals surface area contributed by atoms with Gasteiger partial charge in [0.1, 0.15) is 16.4 Å². The highest BCUT2D eigenvalue weighted by molar-refractivity contribution is 7.17. The van der Waals surface area contributed by atoms with Gasteiger partial charge in [0.25, 0.3) is 11.8 Å². The maximum absolute atomic E-state index is 13.0. The van der Waals surface area contributed by atoms with Crippen molar-refractivity contribution in [1.82, 2.24) is 15.5 Å². The van der Waals surface area contributed by atoms with Gasteiger partial charge in [-0.05, 0) is 61.9 Å². The van der Waals surface area contributed by atoms with E-state index in [-0.39, 0.29) is 23.5 Å². The molecule has 1 aliphatic heterocycles. The average molecular weight is 487 g/mol. The Balaban J connectivity index is 1.35. The van der Waals surface area contributed by atoms with Crippen molar-refractivity contribution in [2.24, 2.45) is 0 Å². The Kier molecular flexibility index (Phi) is 6.09. The van der Waals surface area contributed by atoms with E-state index in [1.54, 1.807) is 18.2 Å². The summed E-state index contributed by atoms with van der Waals surface area (Å²) in [6.45, 7) is 1.19. The normalized spacial score (nSPS) is 17.2. The lowest BCUT2D eigenvalue weighted by Crippen LogP contribution is -2.32.